The second-order valence-corrected chi connectivity index (χ2v) is 8.15. The van der Waals surface area contributed by atoms with E-state index in [0.29, 0.717) is 18.1 Å². The van der Waals surface area contributed by atoms with Gasteiger partial charge in [0, 0.05) is 35.8 Å². The largest absolute Gasteiger partial charge is 0.497 e. The fourth-order valence-electron chi connectivity index (χ4n) is 4.38. The second kappa shape index (κ2) is 7.43. The van der Waals surface area contributed by atoms with Crippen LogP contribution in [0.1, 0.15) is 44.9 Å². The Morgan fingerprint density at radius 3 is 2.58 bits per heavy atom. The lowest BCUT2D eigenvalue weighted by atomic mass is 9.82. The summed E-state index contributed by atoms with van der Waals surface area (Å²) in [7, 11) is 1.67. The third-order valence-electron chi connectivity index (χ3n) is 5.82. The van der Waals surface area contributed by atoms with E-state index >= 15 is 0 Å². The second-order valence-electron chi connectivity index (χ2n) is 7.76. The summed E-state index contributed by atoms with van der Waals surface area (Å²) in [5, 5.41) is 7.47. The third kappa shape index (κ3) is 3.80. The van der Waals surface area contributed by atoms with Crippen LogP contribution >= 0.6 is 12.2 Å². The number of ether oxygens (including phenoxy) is 1. The molecule has 3 atom stereocenters. The molecule has 1 saturated carbocycles. The van der Waals surface area contributed by atoms with Gasteiger partial charge in [0.1, 0.15) is 5.75 Å². The summed E-state index contributed by atoms with van der Waals surface area (Å²) in [6.45, 7) is 0. The van der Waals surface area contributed by atoms with Crippen molar-refractivity contribution in [3.63, 3.8) is 0 Å². The number of piperidine rings is 2. The van der Waals surface area contributed by atoms with Gasteiger partial charge in [0.25, 0.3) is 0 Å². The van der Waals surface area contributed by atoms with Crippen LogP contribution in [0, 0.1) is 5.92 Å². The SMILES string of the molecule is COc1cccc(NC(=S)N2[C@@H]3CCC[C@H]2CC(NC(=O)C2CC2)C3)c1. The Labute approximate surface area is 160 Å². The average Bonchev–Trinajstić information content (AvgIpc) is 3.46. The number of fused-ring (bicyclic) bond motifs is 2. The van der Waals surface area contributed by atoms with Gasteiger partial charge in [-0.05, 0) is 69.3 Å². The first-order chi connectivity index (χ1) is 12.6. The van der Waals surface area contributed by atoms with E-state index in [1.54, 1.807) is 7.11 Å². The van der Waals surface area contributed by atoms with Gasteiger partial charge in [-0.1, -0.05) is 6.07 Å². The smallest absolute Gasteiger partial charge is 0.223 e. The van der Waals surface area contributed by atoms with Crippen LogP contribution in [0.25, 0.3) is 0 Å². The molecule has 140 valence electrons. The number of benzene rings is 1. The van der Waals surface area contributed by atoms with Crippen LogP contribution in [0.4, 0.5) is 5.69 Å². The lowest BCUT2D eigenvalue weighted by Crippen LogP contribution is -2.59. The first-order valence-corrected chi connectivity index (χ1v) is 10.1. The summed E-state index contributed by atoms with van der Waals surface area (Å²) in [5.74, 6) is 1.36. The molecule has 1 aromatic rings. The predicted octanol–water partition coefficient (Wildman–Crippen LogP) is 3.30. The molecule has 1 amide bonds. The molecule has 4 rings (SSSR count). The zero-order chi connectivity index (χ0) is 18.1. The summed E-state index contributed by atoms with van der Waals surface area (Å²) in [6, 6.07) is 8.99. The Balaban J connectivity index is 1.41. The first kappa shape index (κ1) is 17.6. The molecule has 2 bridgehead atoms. The first-order valence-electron chi connectivity index (χ1n) is 9.68. The molecular weight excluding hydrogens is 346 g/mol. The van der Waals surface area contributed by atoms with E-state index in [1.165, 1.54) is 6.42 Å². The number of hydrogen-bond donors (Lipinski definition) is 2. The lowest BCUT2D eigenvalue weighted by molar-refractivity contribution is -0.123. The van der Waals surface area contributed by atoms with Gasteiger partial charge in [-0.2, -0.15) is 0 Å². The number of methoxy groups -OCH3 is 1. The van der Waals surface area contributed by atoms with E-state index in [0.717, 1.165) is 55.1 Å². The highest BCUT2D eigenvalue weighted by Gasteiger charge is 2.41. The third-order valence-corrected chi connectivity index (χ3v) is 6.14. The van der Waals surface area contributed by atoms with Crippen LogP contribution in [0.15, 0.2) is 24.3 Å². The number of hydrogen-bond acceptors (Lipinski definition) is 3. The van der Waals surface area contributed by atoms with Gasteiger partial charge in [0.2, 0.25) is 5.91 Å². The van der Waals surface area contributed by atoms with Gasteiger partial charge in [-0.25, -0.2) is 0 Å². The molecule has 1 unspecified atom stereocenters. The van der Waals surface area contributed by atoms with Crippen molar-refractivity contribution < 1.29 is 9.53 Å². The van der Waals surface area contributed by atoms with Crippen molar-refractivity contribution in [1.29, 1.82) is 0 Å². The monoisotopic (exact) mass is 373 g/mol. The number of amides is 1. The number of carbonyl (C=O) groups is 1. The molecule has 3 aliphatic rings. The Hall–Kier alpha value is -1.82. The number of nitrogens with one attached hydrogen (secondary N) is 2. The molecule has 2 saturated heterocycles. The number of rotatable bonds is 4. The van der Waals surface area contributed by atoms with E-state index in [1.807, 2.05) is 24.3 Å². The number of nitrogens with zero attached hydrogens (tertiary/aromatic N) is 1. The van der Waals surface area contributed by atoms with E-state index in [4.69, 9.17) is 17.0 Å². The number of thiocarbonyl (C=S) groups is 1. The Bertz CT molecular complexity index is 677. The van der Waals surface area contributed by atoms with Crippen LogP contribution in [-0.4, -0.2) is 41.2 Å². The maximum Gasteiger partial charge on any atom is 0.223 e. The molecule has 2 heterocycles. The molecule has 2 N–H and O–H groups in total. The highest BCUT2D eigenvalue weighted by atomic mass is 32.1. The lowest BCUT2D eigenvalue weighted by Gasteiger charge is -2.50. The summed E-state index contributed by atoms with van der Waals surface area (Å²) >= 11 is 5.75. The summed E-state index contributed by atoms with van der Waals surface area (Å²) in [4.78, 5) is 14.5. The Kier molecular flexibility index (Phi) is 5.02. The van der Waals surface area contributed by atoms with E-state index < -0.39 is 0 Å². The number of anilines is 1. The van der Waals surface area contributed by atoms with Crippen LogP contribution in [0.3, 0.4) is 0 Å². The van der Waals surface area contributed by atoms with Crippen LogP contribution in [-0.2, 0) is 4.79 Å². The molecule has 5 nitrogen and oxygen atoms in total. The molecule has 26 heavy (non-hydrogen) atoms. The van der Waals surface area contributed by atoms with Gasteiger partial charge >= 0.3 is 0 Å². The van der Waals surface area contributed by atoms with Crippen LogP contribution < -0.4 is 15.4 Å². The molecule has 1 aliphatic carbocycles. The van der Waals surface area contributed by atoms with Crippen LogP contribution in [0.2, 0.25) is 0 Å². The Morgan fingerprint density at radius 2 is 1.92 bits per heavy atom. The quantitative estimate of drug-likeness (QED) is 0.793. The van der Waals surface area contributed by atoms with Gasteiger partial charge in [0.05, 0.1) is 7.11 Å². The standard InChI is InChI=1S/C20H27N3O2S/c1-25-18-7-2-4-14(12-18)22-20(26)23-16-5-3-6-17(23)11-15(10-16)21-19(24)13-8-9-13/h2,4,7,12-13,15-17H,3,5-6,8-11H2,1H3,(H,21,24)(H,22,26)/t15?,16-,17+. The highest BCUT2D eigenvalue weighted by molar-refractivity contribution is 7.80. The molecule has 6 heteroatoms. The van der Waals surface area contributed by atoms with Crippen molar-refractivity contribution in [1.82, 2.24) is 10.2 Å². The molecular formula is C20H27N3O2S. The van der Waals surface area contributed by atoms with Gasteiger partial charge in [-0.3, -0.25) is 4.79 Å². The molecule has 0 radical (unpaired) electrons. The molecule has 1 aromatic carbocycles. The molecule has 0 aromatic heterocycles. The minimum Gasteiger partial charge on any atom is -0.497 e. The zero-order valence-corrected chi connectivity index (χ0v) is 16.1. The maximum atomic E-state index is 12.1. The summed E-state index contributed by atoms with van der Waals surface area (Å²) in [5.41, 5.74) is 0.955. The van der Waals surface area contributed by atoms with E-state index in [-0.39, 0.29) is 11.8 Å². The predicted molar refractivity (Wildman–Crippen MR) is 106 cm³/mol. The molecule has 2 aliphatic heterocycles. The van der Waals surface area contributed by atoms with Crippen molar-refractivity contribution in [2.45, 2.75) is 63.1 Å². The van der Waals surface area contributed by atoms with Crippen molar-refractivity contribution in [2.75, 3.05) is 12.4 Å². The fraction of sp³-hybridized carbons (Fsp3) is 0.600. The fourth-order valence-corrected chi connectivity index (χ4v) is 4.80. The van der Waals surface area contributed by atoms with Crippen molar-refractivity contribution in [3.8, 4) is 5.75 Å². The minimum atomic E-state index is 0.263. The maximum absolute atomic E-state index is 12.1. The highest BCUT2D eigenvalue weighted by Crippen LogP contribution is 2.36. The van der Waals surface area contributed by atoms with E-state index in [2.05, 4.69) is 15.5 Å². The van der Waals surface area contributed by atoms with Crippen molar-refractivity contribution in [2.24, 2.45) is 5.92 Å². The van der Waals surface area contributed by atoms with Gasteiger partial charge in [-0.15, -0.1) is 0 Å². The minimum absolute atomic E-state index is 0.263. The summed E-state index contributed by atoms with van der Waals surface area (Å²) < 4.78 is 5.29. The summed E-state index contributed by atoms with van der Waals surface area (Å²) in [6.07, 6.45) is 7.65. The van der Waals surface area contributed by atoms with E-state index in [9.17, 15) is 4.79 Å². The molecule has 0 spiro atoms. The zero-order valence-electron chi connectivity index (χ0n) is 15.2. The Morgan fingerprint density at radius 1 is 1.19 bits per heavy atom. The topological polar surface area (TPSA) is 53.6 Å². The number of carbonyl (C=O) groups excluding carboxylic acids is 1. The normalized spacial score (nSPS) is 27.6. The van der Waals surface area contributed by atoms with Crippen molar-refractivity contribution in [3.05, 3.63) is 24.3 Å². The van der Waals surface area contributed by atoms with Gasteiger partial charge in [0.15, 0.2) is 5.11 Å². The average molecular weight is 374 g/mol. The van der Waals surface area contributed by atoms with Crippen LogP contribution in [0.5, 0.6) is 5.75 Å². The van der Waals surface area contributed by atoms with Crippen molar-refractivity contribution >= 4 is 28.9 Å². The van der Waals surface area contributed by atoms with Gasteiger partial charge < -0.3 is 20.3 Å². The molecule has 3 fully saturated rings.